The molecule has 1 spiro atoms. The monoisotopic (exact) mass is 287 g/mol. The van der Waals surface area contributed by atoms with Crippen LogP contribution in [-0.4, -0.2) is 18.7 Å². The van der Waals surface area contributed by atoms with Crippen LogP contribution in [0.15, 0.2) is 18.2 Å². The van der Waals surface area contributed by atoms with Crippen LogP contribution in [-0.2, 0) is 0 Å². The number of nitrogens with one attached hydrogen (secondary N) is 1. The second-order valence-corrected chi connectivity index (χ2v) is 7.07. The molecule has 2 fully saturated rings. The Morgan fingerprint density at radius 1 is 1.10 bits per heavy atom. The highest BCUT2D eigenvalue weighted by molar-refractivity contribution is 5.33. The van der Waals surface area contributed by atoms with Gasteiger partial charge >= 0.3 is 0 Å². The third-order valence-electron chi connectivity index (χ3n) is 5.49. The number of hydrogen-bond donors (Lipinski definition) is 1. The summed E-state index contributed by atoms with van der Waals surface area (Å²) in [5.41, 5.74) is 2.99. The van der Waals surface area contributed by atoms with Crippen LogP contribution in [0.5, 0.6) is 5.75 Å². The molecule has 21 heavy (non-hydrogen) atoms. The fourth-order valence-electron chi connectivity index (χ4n) is 4.49. The molecule has 116 valence electrons. The van der Waals surface area contributed by atoms with Crippen molar-refractivity contribution in [3.63, 3.8) is 0 Å². The van der Waals surface area contributed by atoms with Gasteiger partial charge in [0.25, 0.3) is 0 Å². The fourth-order valence-corrected chi connectivity index (χ4v) is 4.49. The molecule has 2 aliphatic carbocycles. The zero-order valence-electron chi connectivity index (χ0n) is 13.7. The van der Waals surface area contributed by atoms with Crippen molar-refractivity contribution in [3.05, 3.63) is 29.3 Å². The molecule has 0 amide bonds. The molecule has 2 nitrogen and oxygen atoms in total. The van der Waals surface area contributed by atoms with Crippen molar-refractivity contribution in [2.45, 2.75) is 71.4 Å². The third-order valence-corrected chi connectivity index (χ3v) is 5.49. The summed E-state index contributed by atoms with van der Waals surface area (Å²) in [4.78, 5) is 0. The Labute approximate surface area is 129 Å². The number of ether oxygens (including phenoxy) is 1. The first-order valence-corrected chi connectivity index (χ1v) is 8.62. The van der Waals surface area contributed by atoms with Crippen LogP contribution in [0.25, 0.3) is 0 Å². The van der Waals surface area contributed by atoms with Crippen LogP contribution in [0.2, 0.25) is 0 Å². The van der Waals surface area contributed by atoms with Gasteiger partial charge in [-0.05, 0) is 56.5 Å². The van der Waals surface area contributed by atoms with E-state index in [2.05, 4.69) is 44.3 Å². The SMILES string of the molecule is CCNC1CC(Oc2cc(C)cc(C)c2)C12CCCCC2. The molecular formula is C19H29NO. The Balaban J connectivity index is 1.75. The van der Waals surface area contributed by atoms with Crippen molar-refractivity contribution < 1.29 is 4.74 Å². The summed E-state index contributed by atoms with van der Waals surface area (Å²) in [6.45, 7) is 7.59. The van der Waals surface area contributed by atoms with E-state index in [9.17, 15) is 0 Å². The van der Waals surface area contributed by atoms with Gasteiger partial charge < -0.3 is 10.1 Å². The predicted molar refractivity (Wildman–Crippen MR) is 87.9 cm³/mol. The van der Waals surface area contributed by atoms with E-state index in [0.29, 0.717) is 17.6 Å². The van der Waals surface area contributed by atoms with E-state index in [-0.39, 0.29) is 0 Å². The van der Waals surface area contributed by atoms with E-state index >= 15 is 0 Å². The average molecular weight is 287 g/mol. The molecule has 1 aromatic rings. The molecule has 0 heterocycles. The van der Waals surface area contributed by atoms with E-state index < -0.39 is 0 Å². The highest BCUT2D eigenvalue weighted by atomic mass is 16.5. The van der Waals surface area contributed by atoms with Crippen molar-refractivity contribution >= 4 is 0 Å². The molecule has 1 N–H and O–H groups in total. The Morgan fingerprint density at radius 3 is 2.38 bits per heavy atom. The first-order chi connectivity index (χ1) is 10.1. The van der Waals surface area contributed by atoms with Gasteiger partial charge in [0.1, 0.15) is 11.9 Å². The van der Waals surface area contributed by atoms with Crippen LogP contribution in [0, 0.1) is 19.3 Å². The van der Waals surface area contributed by atoms with Crippen molar-refractivity contribution in [1.82, 2.24) is 5.32 Å². The molecule has 0 aromatic heterocycles. The van der Waals surface area contributed by atoms with Crippen LogP contribution in [0.3, 0.4) is 0 Å². The van der Waals surface area contributed by atoms with E-state index in [1.165, 1.54) is 49.7 Å². The van der Waals surface area contributed by atoms with Gasteiger partial charge in [0.2, 0.25) is 0 Å². The zero-order valence-corrected chi connectivity index (χ0v) is 13.7. The molecule has 0 radical (unpaired) electrons. The predicted octanol–water partition coefficient (Wildman–Crippen LogP) is 4.38. The van der Waals surface area contributed by atoms with E-state index in [1.807, 2.05) is 0 Å². The van der Waals surface area contributed by atoms with Gasteiger partial charge in [-0.1, -0.05) is 32.3 Å². The minimum Gasteiger partial charge on any atom is -0.490 e. The molecule has 1 aromatic carbocycles. The van der Waals surface area contributed by atoms with Gasteiger partial charge in [-0.3, -0.25) is 0 Å². The zero-order chi connectivity index (χ0) is 14.9. The topological polar surface area (TPSA) is 21.3 Å². The summed E-state index contributed by atoms with van der Waals surface area (Å²) in [6.07, 6.45) is 8.38. The minimum atomic E-state index is 0.395. The maximum Gasteiger partial charge on any atom is 0.120 e. The number of hydrogen-bond acceptors (Lipinski definition) is 2. The van der Waals surface area contributed by atoms with E-state index in [1.54, 1.807) is 0 Å². The van der Waals surface area contributed by atoms with Gasteiger partial charge in [-0.15, -0.1) is 0 Å². The maximum atomic E-state index is 6.44. The molecule has 0 bridgehead atoms. The van der Waals surface area contributed by atoms with Crippen LogP contribution in [0.4, 0.5) is 0 Å². The number of benzene rings is 1. The van der Waals surface area contributed by atoms with Crippen LogP contribution < -0.4 is 10.1 Å². The highest BCUT2D eigenvalue weighted by Crippen LogP contribution is 2.53. The number of rotatable bonds is 4. The normalized spacial score (nSPS) is 27.4. The van der Waals surface area contributed by atoms with E-state index in [4.69, 9.17) is 4.74 Å². The summed E-state index contributed by atoms with van der Waals surface area (Å²) in [7, 11) is 0. The maximum absolute atomic E-state index is 6.44. The van der Waals surface area contributed by atoms with Gasteiger partial charge in [-0.25, -0.2) is 0 Å². The molecule has 0 saturated heterocycles. The highest BCUT2D eigenvalue weighted by Gasteiger charge is 2.56. The molecule has 2 saturated carbocycles. The Hall–Kier alpha value is -1.02. The largest absolute Gasteiger partial charge is 0.490 e. The lowest BCUT2D eigenvalue weighted by Crippen LogP contribution is -2.65. The summed E-state index contributed by atoms with van der Waals surface area (Å²) < 4.78 is 6.44. The Morgan fingerprint density at radius 2 is 1.76 bits per heavy atom. The lowest BCUT2D eigenvalue weighted by Gasteiger charge is -2.57. The average Bonchev–Trinajstić information content (AvgIpc) is 2.46. The summed E-state index contributed by atoms with van der Waals surface area (Å²) in [5, 5.41) is 3.70. The first-order valence-electron chi connectivity index (χ1n) is 8.62. The molecule has 2 unspecified atom stereocenters. The standard InChI is InChI=1S/C19H29NO/c1-4-20-17-13-18(19(17)8-6-5-7-9-19)21-16-11-14(2)10-15(3)12-16/h10-12,17-18,20H,4-9,13H2,1-3H3. The first kappa shape index (κ1) is 14.9. The minimum absolute atomic E-state index is 0.395. The van der Waals surface area contributed by atoms with Crippen molar-refractivity contribution in [2.24, 2.45) is 5.41 Å². The van der Waals surface area contributed by atoms with Crippen LogP contribution in [0.1, 0.15) is 56.6 Å². The van der Waals surface area contributed by atoms with Crippen LogP contribution >= 0.6 is 0 Å². The fraction of sp³-hybridized carbons (Fsp3) is 0.684. The summed E-state index contributed by atoms with van der Waals surface area (Å²) in [5.74, 6) is 1.07. The van der Waals surface area contributed by atoms with Gasteiger partial charge in [-0.2, -0.15) is 0 Å². The van der Waals surface area contributed by atoms with Crippen molar-refractivity contribution in [3.8, 4) is 5.75 Å². The molecular weight excluding hydrogens is 258 g/mol. The Bertz CT molecular complexity index is 470. The van der Waals surface area contributed by atoms with Crippen molar-refractivity contribution in [1.29, 1.82) is 0 Å². The summed E-state index contributed by atoms with van der Waals surface area (Å²) in [6, 6.07) is 7.25. The Kier molecular flexibility index (Phi) is 4.26. The van der Waals surface area contributed by atoms with Crippen molar-refractivity contribution in [2.75, 3.05) is 6.54 Å². The molecule has 2 atom stereocenters. The third kappa shape index (κ3) is 2.83. The second kappa shape index (κ2) is 6.00. The van der Waals surface area contributed by atoms with Gasteiger partial charge in [0.05, 0.1) is 0 Å². The van der Waals surface area contributed by atoms with Gasteiger partial charge in [0, 0.05) is 17.9 Å². The quantitative estimate of drug-likeness (QED) is 0.887. The summed E-state index contributed by atoms with van der Waals surface area (Å²) >= 11 is 0. The number of aryl methyl sites for hydroxylation is 2. The molecule has 2 aliphatic rings. The second-order valence-electron chi connectivity index (χ2n) is 7.07. The van der Waals surface area contributed by atoms with Gasteiger partial charge in [0.15, 0.2) is 0 Å². The van der Waals surface area contributed by atoms with E-state index in [0.717, 1.165) is 12.3 Å². The molecule has 3 rings (SSSR count). The molecule has 0 aliphatic heterocycles. The molecule has 2 heteroatoms. The lowest BCUT2D eigenvalue weighted by molar-refractivity contribution is -0.102. The lowest BCUT2D eigenvalue weighted by atomic mass is 9.55. The smallest absolute Gasteiger partial charge is 0.120 e.